The van der Waals surface area contributed by atoms with E-state index in [0.717, 1.165) is 6.42 Å². The van der Waals surface area contributed by atoms with Crippen LogP contribution in [-0.4, -0.2) is 57.8 Å². The van der Waals surface area contributed by atoms with Gasteiger partial charge in [0.2, 0.25) is 0 Å². The number of likely N-dealkylation sites (tertiary alicyclic amines) is 1. The molecule has 2 fully saturated rings. The van der Waals surface area contributed by atoms with Gasteiger partial charge in [-0.05, 0) is 12.5 Å². The van der Waals surface area contributed by atoms with Gasteiger partial charge >= 0.3 is 0 Å². The molecule has 0 unspecified atom stereocenters. The van der Waals surface area contributed by atoms with Crippen molar-refractivity contribution >= 4 is 22.6 Å². The normalized spacial score (nSPS) is 20.1. The highest BCUT2D eigenvalue weighted by Crippen LogP contribution is 2.31. The fourth-order valence-electron chi connectivity index (χ4n) is 3.32. The fraction of sp³-hybridized carbons (Fsp3) is 0.500. The minimum absolute atomic E-state index is 0.0401. The highest BCUT2D eigenvalue weighted by atomic mass is 16.7. The molecule has 1 amide bonds. The third-order valence-electron chi connectivity index (χ3n) is 4.71. The van der Waals surface area contributed by atoms with E-state index in [1.165, 1.54) is 18.2 Å². The molecule has 3 heterocycles. The Labute approximate surface area is 143 Å². The number of benzene rings is 1. The van der Waals surface area contributed by atoms with Crippen molar-refractivity contribution in [3.05, 3.63) is 34.1 Å². The van der Waals surface area contributed by atoms with Crippen molar-refractivity contribution < 1.29 is 19.2 Å². The van der Waals surface area contributed by atoms with E-state index in [1.54, 1.807) is 4.90 Å². The Morgan fingerprint density at radius 3 is 2.68 bits per heavy atom. The Hall–Kier alpha value is -2.52. The molecule has 0 aliphatic carbocycles. The lowest BCUT2D eigenvalue weighted by Gasteiger charge is -2.43. The van der Waals surface area contributed by atoms with Gasteiger partial charge in [-0.2, -0.15) is 0 Å². The van der Waals surface area contributed by atoms with Gasteiger partial charge in [-0.25, -0.2) is 4.98 Å². The summed E-state index contributed by atoms with van der Waals surface area (Å²) < 4.78 is 11.6. The first-order chi connectivity index (χ1) is 12.1. The van der Waals surface area contributed by atoms with Crippen molar-refractivity contribution in [2.75, 3.05) is 26.3 Å². The standard InChI is InChI=1S/C16H18N4O5/c21-15(19-6-4-16(5-7-19)24-8-1-9-25-16)14-17-12-3-2-11(20(22)23)10-13(12)18-14/h2-3,10H,1,4-9H2,(H,17,18). The summed E-state index contributed by atoms with van der Waals surface area (Å²) in [5.74, 6) is -0.579. The molecule has 2 aliphatic rings. The summed E-state index contributed by atoms with van der Waals surface area (Å²) in [4.78, 5) is 31.9. The molecule has 25 heavy (non-hydrogen) atoms. The number of aromatic amines is 1. The molecule has 2 saturated heterocycles. The fourth-order valence-corrected chi connectivity index (χ4v) is 3.32. The van der Waals surface area contributed by atoms with Crippen molar-refractivity contribution in [1.82, 2.24) is 14.9 Å². The van der Waals surface area contributed by atoms with Gasteiger partial charge in [0.15, 0.2) is 11.6 Å². The first-order valence-corrected chi connectivity index (χ1v) is 8.28. The summed E-state index contributed by atoms with van der Waals surface area (Å²) in [6.45, 7) is 2.43. The average molecular weight is 346 g/mol. The number of nitrogens with one attached hydrogen (secondary N) is 1. The quantitative estimate of drug-likeness (QED) is 0.656. The van der Waals surface area contributed by atoms with E-state index >= 15 is 0 Å². The Balaban J connectivity index is 1.49. The van der Waals surface area contributed by atoms with Crippen molar-refractivity contribution in [3.8, 4) is 0 Å². The first-order valence-electron chi connectivity index (χ1n) is 8.28. The molecule has 1 aromatic heterocycles. The number of nitro benzene ring substituents is 1. The Morgan fingerprint density at radius 1 is 1.28 bits per heavy atom. The third-order valence-corrected chi connectivity index (χ3v) is 4.71. The zero-order valence-electron chi connectivity index (χ0n) is 13.6. The molecular formula is C16H18N4O5. The molecule has 2 aromatic rings. The second-order valence-corrected chi connectivity index (χ2v) is 6.30. The lowest BCUT2D eigenvalue weighted by atomic mass is 10.0. The summed E-state index contributed by atoms with van der Waals surface area (Å²) in [6.07, 6.45) is 2.16. The number of nitrogens with zero attached hydrogens (tertiary/aromatic N) is 3. The van der Waals surface area contributed by atoms with Gasteiger partial charge in [-0.3, -0.25) is 14.9 Å². The van der Waals surface area contributed by atoms with Crippen LogP contribution in [0.3, 0.4) is 0 Å². The van der Waals surface area contributed by atoms with Crippen LogP contribution in [0.15, 0.2) is 18.2 Å². The number of amides is 1. The Morgan fingerprint density at radius 2 is 2.00 bits per heavy atom. The molecule has 0 atom stereocenters. The number of hydrogen-bond acceptors (Lipinski definition) is 6. The number of imidazole rings is 1. The smallest absolute Gasteiger partial charge is 0.289 e. The van der Waals surface area contributed by atoms with E-state index in [1.807, 2.05) is 0 Å². The highest BCUT2D eigenvalue weighted by molar-refractivity contribution is 5.94. The Bertz CT molecular complexity index is 817. The molecule has 2 aliphatic heterocycles. The number of aromatic nitrogens is 2. The number of piperidine rings is 1. The number of carbonyl (C=O) groups excluding carboxylic acids is 1. The predicted octanol–water partition coefficient (Wildman–Crippen LogP) is 1.84. The molecule has 132 valence electrons. The zero-order valence-corrected chi connectivity index (χ0v) is 13.6. The predicted molar refractivity (Wildman–Crippen MR) is 87.1 cm³/mol. The van der Waals surface area contributed by atoms with E-state index in [9.17, 15) is 14.9 Å². The van der Waals surface area contributed by atoms with Gasteiger partial charge in [0.1, 0.15) is 0 Å². The maximum Gasteiger partial charge on any atom is 0.289 e. The van der Waals surface area contributed by atoms with Crippen LogP contribution in [0, 0.1) is 10.1 Å². The molecule has 0 saturated carbocycles. The van der Waals surface area contributed by atoms with Crippen LogP contribution in [0.4, 0.5) is 5.69 Å². The van der Waals surface area contributed by atoms with Crippen LogP contribution in [0.2, 0.25) is 0 Å². The molecule has 9 heteroatoms. The van der Waals surface area contributed by atoms with Gasteiger partial charge in [0.25, 0.3) is 11.6 Å². The topological polar surface area (TPSA) is 111 Å². The molecule has 1 spiro atoms. The van der Waals surface area contributed by atoms with Gasteiger partial charge in [-0.1, -0.05) is 0 Å². The van der Waals surface area contributed by atoms with Crippen molar-refractivity contribution in [2.45, 2.75) is 25.0 Å². The lowest BCUT2D eigenvalue weighted by molar-refractivity contribution is -0.384. The number of H-pyrrole nitrogens is 1. The largest absolute Gasteiger partial charge is 0.350 e. The van der Waals surface area contributed by atoms with Crippen LogP contribution >= 0.6 is 0 Å². The summed E-state index contributed by atoms with van der Waals surface area (Å²) in [6, 6.07) is 4.30. The number of rotatable bonds is 2. The van der Waals surface area contributed by atoms with Crippen LogP contribution in [-0.2, 0) is 9.47 Å². The third kappa shape index (κ3) is 2.96. The summed E-state index contributed by atoms with van der Waals surface area (Å²) >= 11 is 0. The second kappa shape index (κ2) is 6.08. The zero-order chi connectivity index (χ0) is 17.4. The first kappa shape index (κ1) is 16.0. The average Bonchev–Trinajstić information content (AvgIpc) is 3.05. The monoisotopic (exact) mass is 346 g/mol. The van der Waals surface area contributed by atoms with Crippen LogP contribution in [0.1, 0.15) is 29.9 Å². The maximum absolute atomic E-state index is 12.7. The second-order valence-electron chi connectivity index (χ2n) is 6.30. The van der Waals surface area contributed by atoms with Crippen molar-refractivity contribution in [2.24, 2.45) is 0 Å². The maximum atomic E-state index is 12.7. The van der Waals surface area contributed by atoms with Gasteiger partial charge in [0, 0.05) is 38.1 Å². The number of carbonyl (C=O) groups is 1. The van der Waals surface area contributed by atoms with Crippen molar-refractivity contribution in [3.63, 3.8) is 0 Å². The van der Waals surface area contributed by atoms with Crippen LogP contribution < -0.4 is 0 Å². The number of ether oxygens (including phenoxy) is 2. The van der Waals surface area contributed by atoms with E-state index in [2.05, 4.69) is 9.97 Å². The SMILES string of the molecule is O=C(c1nc2ccc([N+](=O)[O-])cc2[nH]1)N1CCC2(CC1)OCCCO2. The minimum Gasteiger partial charge on any atom is -0.350 e. The Kier molecular flexibility index (Phi) is 3.89. The molecule has 1 aromatic carbocycles. The number of nitro groups is 1. The van der Waals surface area contributed by atoms with Gasteiger partial charge in [-0.15, -0.1) is 0 Å². The molecular weight excluding hydrogens is 328 g/mol. The van der Waals surface area contributed by atoms with E-state index in [0.29, 0.717) is 50.2 Å². The minimum atomic E-state index is -0.552. The van der Waals surface area contributed by atoms with E-state index in [4.69, 9.17) is 9.47 Å². The van der Waals surface area contributed by atoms with Crippen molar-refractivity contribution in [1.29, 1.82) is 0 Å². The number of fused-ring (bicyclic) bond motifs is 1. The van der Waals surface area contributed by atoms with Gasteiger partial charge < -0.3 is 19.4 Å². The summed E-state index contributed by atoms with van der Waals surface area (Å²) in [5.41, 5.74) is 0.966. The molecule has 1 N–H and O–H groups in total. The van der Waals surface area contributed by atoms with Gasteiger partial charge in [0.05, 0.1) is 29.2 Å². The molecule has 0 bridgehead atoms. The van der Waals surface area contributed by atoms with Crippen LogP contribution in [0.25, 0.3) is 11.0 Å². The number of hydrogen-bond donors (Lipinski definition) is 1. The molecule has 9 nitrogen and oxygen atoms in total. The van der Waals surface area contributed by atoms with Crippen LogP contribution in [0.5, 0.6) is 0 Å². The highest BCUT2D eigenvalue weighted by Gasteiger charge is 2.39. The van der Waals surface area contributed by atoms with E-state index < -0.39 is 10.7 Å². The van der Waals surface area contributed by atoms with E-state index in [-0.39, 0.29) is 17.4 Å². The summed E-state index contributed by atoms with van der Waals surface area (Å²) in [5, 5.41) is 10.9. The summed E-state index contributed by atoms with van der Waals surface area (Å²) in [7, 11) is 0. The molecule has 4 rings (SSSR count). The lowest BCUT2D eigenvalue weighted by Crippen LogP contribution is -2.51. The number of non-ortho nitro benzene ring substituents is 1. The molecule has 0 radical (unpaired) electrons.